The van der Waals surface area contributed by atoms with Crippen LogP contribution in [0.2, 0.25) is 5.02 Å². The number of nitrogen functional groups attached to an aromatic ring is 1. The molecule has 2 heterocycles. The fourth-order valence-electron chi connectivity index (χ4n) is 3.25. The summed E-state index contributed by atoms with van der Waals surface area (Å²) in [6, 6.07) is 14.4. The zero-order valence-electron chi connectivity index (χ0n) is 17.5. The van der Waals surface area contributed by atoms with Gasteiger partial charge in [-0.05, 0) is 54.1 Å². The van der Waals surface area contributed by atoms with Gasteiger partial charge in [0.25, 0.3) is 5.91 Å². The second-order valence-corrected chi connectivity index (χ2v) is 9.07. The van der Waals surface area contributed by atoms with Gasteiger partial charge in [-0.25, -0.2) is 9.97 Å². The van der Waals surface area contributed by atoms with Crippen LogP contribution in [0.3, 0.4) is 0 Å². The Bertz CT molecular complexity index is 1110. The molecule has 0 aliphatic carbocycles. The molecular formula is C23H22ClN5O3S. The van der Waals surface area contributed by atoms with Gasteiger partial charge in [0.15, 0.2) is 0 Å². The van der Waals surface area contributed by atoms with Gasteiger partial charge in [-0.2, -0.15) is 0 Å². The van der Waals surface area contributed by atoms with Gasteiger partial charge in [0.1, 0.15) is 16.7 Å². The molecule has 0 bridgehead atoms. The van der Waals surface area contributed by atoms with Gasteiger partial charge in [-0.3, -0.25) is 9.59 Å². The van der Waals surface area contributed by atoms with Crippen LogP contribution >= 0.6 is 23.4 Å². The number of nitrogens with one attached hydrogen (secondary N) is 2. The molecular weight excluding hydrogens is 462 g/mol. The van der Waals surface area contributed by atoms with Gasteiger partial charge >= 0.3 is 0 Å². The zero-order valence-corrected chi connectivity index (χ0v) is 19.1. The molecule has 3 aromatic rings. The van der Waals surface area contributed by atoms with Crippen molar-refractivity contribution in [3.05, 3.63) is 77.3 Å². The Labute approximate surface area is 200 Å². The second kappa shape index (κ2) is 10.5. The number of nitrogens with zero attached hydrogens (tertiary/aromatic N) is 2. The summed E-state index contributed by atoms with van der Waals surface area (Å²) >= 11 is 7.47. The van der Waals surface area contributed by atoms with Crippen LogP contribution in [0, 0.1) is 0 Å². The molecule has 1 saturated heterocycles. The first-order valence-corrected chi connectivity index (χ1v) is 11.7. The van der Waals surface area contributed by atoms with Crippen molar-refractivity contribution in [1.29, 1.82) is 0 Å². The van der Waals surface area contributed by atoms with Crippen LogP contribution < -0.4 is 21.1 Å². The molecule has 4 N–H and O–H groups in total. The van der Waals surface area contributed by atoms with Crippen molar-refractivity contribution >= 4 is 40.9 Å². The van der Waals surface area contributed by atoms with E-state index in [2.05, 4.69) is 20.6 Å². The number of anilines is 1. The van der Waals surface area contributed by atoms with Crippen LogP contribution in [-0.4, -0.2) is 40.1 Å². The predicted molar refractivity (Wildman–Crippen MR) is 128 cm³/mol. The smallest absolute Gasteiger partial charge is 0.289 e. The quantitative estimate of drug-likeness (QED) is 0.490. The number of rotatable bonds is 6. The summed E-state index contributed by atoms with van der Waals surface area (Å²) in [4.78, 5) is 32.9. The molecule has 1 aliphatic heterocycles. The van der Waals surface area contributed by atoms with E-state index in [1.807, 2.05) is 24.3 Å². The van der Waals surface area contributed by atoms with Crippen LogP contribution in [0.4, 0.5) is 5.69 Å². The number of hydrogen-bond acceptors (Lipinski definition) is 7. The number of benzene rings is 2. The lowest BCUT2D eigenvalue weighted by molar-refractivity contribution is -0.121. The molecule has 8 nitrogen and oxygen atoms in total. The lowest BCUT2D eigenvalue weighted by atomic mass is 10.1. The largest absolute Gasteiger partial charge is 0.457 e. The Balaban J connectivity index is 1.32. The van der Waals surface area contributed by atoms with Crippen LogP contribution in [-0.2, 0) is 4.79 Å². The lowest BCUT2D eigenvalue weighted by Crippen LogP contribution is -2.44. The van der Waals surface area contributed by atoms with Crippen LogP contribution in [0.1, 0.15) is 27.9 Å². The fourth-order valence-corrected chi connectivity index (χ4v) is 4.60. The number of halogens is 1. The molecule has 1 aliphatic rings. The number of thioether (sulfide) groups is 1. The minimum atomic E-state index is -0.408. The first-order valence-electron chi connectivity index (χ1n) is 10.3. The molecule has 0 radical (unpaired) electrons. The summed E-state index contributed by atoms with van der Waals surface area (Å²) in [7, 11) is 0. The zero-order chi connectivity index (χ0) is 23.2. The van der Waals surface area contributed by atoms with Crippen molar-refractivity contribution < 1.29 is 14.3 Å². The summed E-state index contributed by atoms with van der Waals surface area (Å²) in [6.07, 6.45) is 3.48. The summed E-state index contributed by atoms with van der Waals surface area (Å²) in [5.74, 6) is 1.66. The SMILES string of the molecule is Nc1cnc(C(=O)NC[C@@H]2CCS[C@H](c3ccc(Oc4ccc(Cl)cc4)cc3)C(=O)N2)nc1. The minimum absolute atomic E-state index is 0.0392. The third-order valence-electron chi connectivity index (χ3n) is 4.95. The van der Waals surface area contributed by atoms with Crippen LogP contribution in [0.15, 0.2) is 60.9 Å². The minimum Gasteiger partial charge on any atom is -0.457 e. The molecule has 2 aromatic carbocycles. The van der Waals surface area contributed by atoms with E-state index in [4.69, 9.17) is 22.1 Å². The molecule has 0 unspecified atom stereocenters. The molecule has 1 aromatic heterocycles. The number of hydrogen-bond donors (Lipinski definition) is 3. The number of amides is 2. The number of aromatic nitrogens is 2. The maximum Gasteiger partial charge on any atom is 0.289 e. The highest BCUT2D eigenvalue weighted by atomic mass is 35.5. The van der Waals surface area contributed by atoms with Crippen molar-refractivity contribution in [2.75, 3.05) is 18.0 Å². The van der Waals surface area contributed by atoms with E-state index < -0.39 is 5.91 Å². The summed E-state index contributed by atoms with van der Waals surface area (Å²) in [5, 5.41) is 6.10. The Kier molecular flexibility index (Phi) is 7.31. The van der Waals surface area contributed by atoms with Crippen molar-refractivity contribution in [3.8, 4) is 11.5 Å². The van der Waals surface area contributed by atoms with Gasteiger partial charge in [0.05, 0.1) is 18.1 Å². The van der Waals surface area contributed by atoms with Gasteiger partial charge < -0.3 is 21.1 Å². The van der Waals surface area contributed by atoms with E-state index in [9.17, 15) is 9.59 Å². The average molecular weight is 484 g/mol. The highest BCUT2D eigenvalue weighted by molar-refractivity contribution is 8.00. The summed E-state index contributed by atoms with van der Waals surface area (Å²) in [6.45, 7) is 0.291. The van der Waals surface area contributed by atoms with Gasteiger partial charge in [0, 0.05) is 17.6 Å². The first kappa shape index (κ1) is 22.9. The standard InChI is InChI=1S/C23H22ClN5O3S/c24-15-3-7-19(8-4-15)32-18-5-1-14(2-6-18)20-22(30)29-17(9-10-33-20)13-28-23(31)21-26-11-16(25)12-27-21/h1-8,11-12,17,20H,9-10,13,25H2,(H,28,31)(H,29,30)/t17-,20+/m0/s1. The molecule has 0 spiro atoms. The molecule has 33 heavy (non-hydrogen) atoms. The summed E-state index contributed by atoms with van der Waals surface area (Å²) < 4.78 is 5.82. The highest BCUT2D eigenvalue weighted by Gasteiger charge is 2.27. The molecule has 2 atom stereocenters. The van der Waals surface area contributed by atoms with Crippen molar-refractivity contribution in [2.45, 2.75) is 17.7 Å². The van der Waals surface area contributed by atoms with E-state index in [0.717, 1.165) is 17.7 Å². The van der Waals surface area contributed by atoms with Gasteiger partial charge in [-0.1, -0.05) is 23.7 Å². The third kappa shape index (κ3) is 6.15. The van der Waals surface area contributed by atoms with Gasteiger partial charge in [0.2, 0.25) is 11.7 Å². The molecule has 170 valence electrons. The fraction of sp³-hybridized carbons (Fsp3) is 0.217. The normalized spacial score (nSPS) is 18.2. The molecule has 0 saturated carbocycles. The molecule has 10 heteroatoms. The predicted octanol–water partition coefficient (Wildman–Crippen LogP) is 3.60. The van der Waals surface area contributed by atoms with Crippen LogP contribution in [0.25, 0.3) is 0 Å². The topological polar surface area (TPSA) is 119 Å². The van der Waals surface area contributed by atoms with Gasteiger partial charge in [-0.15, -0.1) is 11.8 Å². The van der Waals surface area contributed by atoms with E-state index in [0.29, 0.717) is 28.8 Å². The number of carbonyl (C=O) groups is 2. The van der Waals surface area contributed by atoms with Crippen molar-refractivity contribution in [1.82, 2.24) is 20.6 Å². The van der Waals surface area contributed by atoms with Crippen molar-refractivity contribution in [2.24, 2.45) is 0 Å². The maximum atomic E-state index is 12.9. The second-order valence-electron chi connectivity index (χ2n) is 7.42. The number of carbonyl (C=O) groups excluding carboxylic acids is 2. The van der Waals surface area contributed by atoms with E-state index in [1.54, 1.807) is 36.0 Å². The Morgan fingerprint density at radius 3 is 2.42 bits per heavy atom. The van der Waals surface area contributed by atoms with E-state index >= 15 is 0 Å². The third-order valence-corrected chi connectivity index (χ3v) is 6.49. The monoisotopic (exact) mass is 483 g/mol. The van der Waals surface area contributed by atoms with E-state index in [1.165, 1.54) is 12.4 Å². The van der Waals surface area contributed by atoms with Crippen LogP contribution in [0.5, 0.6) is 11.5 Å². The van der Waals surface area contributed by atoms with E-state index in [-0.39, 0.29) is 23.0 Å². The highest BCUT2D eigenvalue weighted by Crippen LogP contribution is 2.33. The maximum absolute atomic E-state index is 12.9. The first-order chi connectivity index (χ1) is 16.0. The summed E-state index contributed by atoms with van der Waals surface area (Å²) in [5.41, 5.74) is 6.82. The average Bonchev–Trinajstić information content (AvgIpc) is 3.01. The Hall–Kier alpha value is -3.30. The lowest BCUT2D eigenvalue weighted by Gasteiger charge is -2.18. The number of ether oxygens (including phenoxy) is 1. The number of nitrogens with two attached hydrogens (primary N) is 1. The Morgan fingerprint density at radius 1 is 1.12 bits per heavy atom. The Morgan fingerprint density at radius 2 is 1.76 bits per heavy atom. The molecule has 1 fully saturated rings. The van der Waals surface area contributed by atoms with Crippen molar-refractivity contribution in [3.63, 3.8) is 0 Å². The molecule has 2 amide bonds. The molecule has 4 rings (SSSR count).